The van der Waals surface area contributed by atoms with Crippen molar-refractivity contribution in [3.05, 3.63) is 22.4 Å². The summed E-state index contributed by atoms with van der Waals surface area (Å²) in [5.41, 5.74) is 6.98. The largest absolute Gasteiger partial charge is 0.396 e. The molecule has 0 unspecified atom stereocenters. The van der Waals surface area contributed by atoms with Gasteiger partial charge < -0.3 is 10.8 Å². The van der Waals surface area contributed by atoms with Crippen molar-refractivity contribution in [2.24, 2.45) is 11.1 Å². The number of nitrogens with two attached hydrogens (primary N) is 1. The van der Waals surface area contributed by atoms with E-state index in [0.717, 1.165) is 6.42 Å². The highest BCUT2D eigenvalue weighted by Crippen LogP contribution is 2.58. The zero-order chi connectivity index (χ0) is 8.60. The summed E-state index contributed by atoms with van der Waals surface area (Å²) in [6.45, 7) is 0.827. The molecule has 0 bridgehead atoms. The normalized spacial score (nSPS) is 33.7. The average molecular weight is 183 g/mol. The van der Waals surface area contributed by atoms with E-state index < -0.39 is 0 Å². The van der Waals surface area contributed by atoms with Crippen LogP contribution in [0.3, 0.4) is 0 Å². The van der Waals surface area contributed by atoms with Crippen molar-refractivity contribution < 1.29 is 5.11 Å². The van der Waals surface area contributed by atoms with Crippen molar-refractivity contribution in [2.75, 3.05) is 13.2 Å². The van der Waals surface area contributed by atoms with E-state index in [9.17, 15) is 0 Å². The lowest BCUT2D eigenvalue weighted by Crippen LogP contribution is -2.21. The molecule has 66 valence electrons. The van der Waals surface area contributed by atoms with Gasteiger partial charge in [-0.25, -0.2) is 0 Å². The Morgan fingerprint density at radius 3 is 3.00 bits per heavy atom. The fourth-order valence-corrected chi connectivity index (χ4v) is 2.47. The van der Waals surface area contributed by atoms with Gasteiger partial charge in [-0.05, 0) is 34.7 Å². The highest BCUT2D eigenvalue weighted by atomic mass is 32.1. The first-order chi connectivity index (χ1) is 5.82. The molecule has 1 fully saturated rings. The molecule has 2 nitrogen and oxygen atoms in total. The van der Waals surface area contributed by atoms with E-state index in [-0.39, 0.29) is 12.0 Å². The Morgan fingerprint density at radius 1 is 1.75 bits per heavy atom. The quantitative estimate of drug-likeness (QED) is 0.739. The molecule has 3 N–H and O–H groups in total. The standard InChI is InChI=1S/C9H13NOS/c10-5-9(6-11)3-8(9)7-1-2-12-4-7/h1-2,4,8,11H,3,5-6,10H2/t8-,9+/m0/s1. The molecule has 0 aromatic carbocycles. The van der Waals surface area contributed by atoms with Crippen molar-refractivity contribution in [3.63, 3.8) is 0 Å². The molecule has 0 saturated heterocycles. The average Bonchev–Trinajstić information content (AvgIpc) is 2.59. The predicted octanol–water partition coefficient (Wildman–Crippen LogP) is 1.17. The second kappa shape index (κ2) is 2.83. The Bertz CT molecular complexity index is 254. The fourth-order valence-electron chi connectivity index (χ4n) is 1.76. The number of rotatable bonds is 3. The van der Waals surface area contributed by atoms with E-state index in [1.807, 2.05) is 0 Å². The molecule has 0 aliphatic heterocycles. The number of aliphatic hydroxyl groups excluding tert-OH is 1. The molecule has 2 rings (SSSR count). The van der Waals surface area contributed by atoms with E-state index in [1.165, 1.54) is 5.56 Å². The van der Waals surface area contributed by atoms with Gasteiger partial charge in [0.15, 0.2) is 0 Å². The summed E-state index contributed by atoms with van der Waals surface area (Å²) >= 11 is 1.71. The van der Waals surface area contributed by atoms with Crippen LogP contribution in [-0.2, 0) is 0 Å². The van der Waals surface area contributed by atoms with Gasteiger partial charge in [-0.1, -0.05) is 0 Å². The van der Waals surface area contributed by atoms with Crippen LogP contribution in [0, 0.1) is 5.41 Å². The molecule has 1 aromatic rings. The Labute approximate surface area is 76.0 Å². The maximum absolute atomic E-state index is 9.15. The SMILES string of the molecule is NC[C@@]1(CO)C[C@H]1c1ccsc1. The lowest BCUT2D eigenvalue weighted by Gasteiger charge is -2.09. The van der Waals surface area contributed by atoms with Crippen molar-refractivity contribution >= 4 is 11.3 Å². The topological polar surface area (TPSA) is 46.2 Å². The van der Waals surface area contributed by atoms with Crippen LogP contribution >= 0.6 is 11.3 Å². The van der Waals surface area contributed by atoms with Crippen LogP contribution in [-0.4, -0.2) is 18.3 Å². The summed E-state index contributed by atoms with van der Waals surface area (Å²) in [7, 11) is 0. The molecule has 1 aliphatic rings. The first kappa shape index (κ1) is 8.23. The molecule has 3 heteroatoms. The second-order valence-corrected chi connectivity index (χ2v) is 4.32. The Hall–Kier alpha value is -0.380. The van der Waals surface area contributed by atoms with Crippen molar-refractivity contribution in [3.8, 4) is 0 Å². The van der Waals surface area contributed by atoms with Crippen molar-refractivity contribution in [2.45, 2.75) is 12.3 Å². The number of thiophene rings is 1. The second-order valence-electron chi connectivity index (χ2n) is 3.54. The van der Waals surface area contributed by atoms with Crippen LogP contribution in [0.5, 0.6) is 0 Å². The predicted molar refractivity (Wildman–Crippen MR) is 50.3 cm³/mol. The van der Waals surface area contributed by atoms with Crippen LogP contribution in [0.2, 0.25) is 0 Å². The third-order valence-corrected chi connectivity index (χ3v) is 3.56. The maximum atomic E-state index is 9.15. The molecule has 1 heterocycles. The van der Waals surface area contributed by atoms with E-state index in [0.29, 0.717) is 12.5 Å². The highest BCUT2D eigenvalue weighted by molar-refractivity contribution is 7.08. The lowest BCUT2D eigenvalue weighted by molar-refractivity contribution is 0.212. The number of aliphatic hydroxyl groups is 1. The van der Waals surface area contributed by atoms with Crippen LogP contribution in [0.25, 0.3) is 0 Å². The third kappa shape index (κ3) is 1.09. The third-order valence-electron chi connectivity index (χ3n) is 2.86. The lowest BCUT2D eigenvalue weighted by atomic mass is 10.0. The Kier molecular flexibility index (Phi) is 1.94. The smallest absolute Gasteiger partial charge is 0.0505 e. The first-order valence-electron chi connectivity index (χ1n) is 4.15. The molecule has 1 saturated carbocycles. The monoisotopic (exact) mass is 183 g/mol. The van der Waals surface area contributed by atoms with E-state index in [4.69, 9.17) is 10.8 Å². The molecular weight excluding hydrogens is 170 g/mol. The number of hydrogen-bond donors (Lipinski definition) is 2. The van der Waals surface area contributed by atoms with Crippen molar-refractivity contribution in [1.82, 2.24) is 0 Å². The number of hydrogen-bond acceptors (Lipinski definition) is 3. The van der Waals surface area contributed by atoms with E-state index in [1.54, 1.807) is 11.3 Å². The summed E-state index contributed by atoms with van der Waals surface area (Å²) in [5, 5.41) is 13.4. The minimum Gasteiger partial charge on any atom is -0.396 e. The molecule has 12 heavy (non-hydrogen) atoms. The minimum absolute atomic E-state index is 0.0150. The molecule has 1 aliphatic carbocycles. The minimum atomic E-state index is 0.0150. The first-order valence-corrected chi connectivity index (χ1v) is 5.10. The molecule has 0 spiro atoms. The molecule has 2 atom stereocenters. The van der Waals surface area contributed by atoms with Crippen LogP contribution < -0.4 is 5.73 Å². The molecule has 0 amide bonds. The van der Waals surface area contributed by atoms with E-state index >= 15 is 0 Å². The van der Waals surface area contributed by atoms with Gasteiger partial charge in [-0.15, -0.1) is 0 Å². The summed E-state index contributed by atoms with van der Waals surface area (Å²) in [6.07, 6.45) is 1.05. The molecule has 1 aromatic heterocycles. The summed E-state index contributed by atoms with van der Waals surface area (Å²) in [5.74, 6) is 0.513. The zero-order valence-corrected chi connectivity index (χ0v) is 7.68. The summed E-state index contributed by atoms with van der Waals surface area (Å²) in [6, 6.07) is 2.13. The van der Waals surface area contributed by atoms with Gasteiger partial charge in [0, 0.05) is 12.0 Å². The highest BCUT2D eigenvalue weighted by Gasteiger charge is 2.53. The Morgan fingerprint density at radius 2 is 2.58 bits per heavy atom. The fraction of sp³-hybridized carbons (Fsp3) is 0.556. The summed E-state index contributed by atoms with van der Waals surface area (Å²) in [4.78, 5) is 0. The van der Waals surface area contributed by atoms with Crippen LogP contribution in [0.1, 0.15) is 17.9 Å². The molecule has 0 radical (unpaired) electrons. The maximum Gasteiger partial charge on any atom is 0.0505 e. The van der Waals surface area contributed by atoms with Gasteiger partial charge in [0.2, 0.25) is 0 Å². The molecular formula is C9H13NOS. The van der Waals surface area contributed by atoms with Gasteiger partial charge in [0.1, 0.15) is 0 Å². The van der Waals surface area contributed by atoms with Crippen LogP contribution in [0.4, 0.5) is 0 Å². The Balaban J connectivity index is 2.12. The van der Waals surface area contributed by atoms with Gasteiger partial charge in [-0.3, -0.25) is 0 Å². The van der Waals surface area contributed by atoms with Crippen molar-refractivity contribution in [1.29, 1.82) is 0 Å². The van der Waals surface area contributed by atoms with Gasteiger partial charge >= 0.3 is 0 Å². The van der Waals surface area contributed by atoms with Gasteiger partial charge in [0.25, 0.3) is 0 Å². The van der Waals surface area contributed by atoms with Gasteiger partial charge in [-0.2, -0.15) is 11.3 Å². The van der Waals surface area contributed by atoms with Crippen LogP contribution in [0.15, 0.2) is 16.8 Å². The van der Waals surface area contributed by atoms with E-state index in [2.05, 4.69) is 16.8 Å². The van der Waals surface area contributed by atoms with Gasteiger partial charge in [0.05, 0.1) is 6.61 Å². The summed E-state index contributed by atoms with van der Waals surface area (Å²) < 4.78 is 0. The zero-order valence-electron chi connectivity index (χ0n) is 6.86.